The summed E-state index contributed by atoms with van der Waals surface area (Å²) in [5, 5.41) is 1.06. The van der Waals surface area contributed by atoms with Gasteiger partial charge in [-0.15, -0.1) is 0 Å². The molecule has 1 aromatic heterocycles. The Morgan fingerprint density at radius 2 is 1.94 bits per heavy atom. The largest absolute Gasteiger partial charge is 0.358 e. The van der Waals surface area contributed by atoms with Gasteiger partial charge in [-0.25, -0.2) is 0 Å². The molecule has 1 N–H and O–H groups in total. The van der Waals surface area contributed by atoms with Crippen molar-refractivity contribution in [3.63, 3.8) is 0 Å². The van der Waals surface area contributed by atoms with Crippen LogP contribution in [0.15, 0.2) is 18.2 Å². The maximum atomic E-state index is 12.6. The number of nitrogens with one attached hydrogen (secondary N) is 1. The SMILES string of the molecule is Cc1ccc2[nH]c(C)c(C(=O)N3CCCC3)c2c1. The molecule has 0 saturated carbocycles. The van der Waals surface area contributed by atoms with E-state index in [4.69, 9.17) is 0 Å². The lowest BCUT2D eigenvalue weighted by Gasteiger charge is -2.15. The van der Waals surface area contributed by atoms with Crippen LogP contribution in [0.25, 0.3) is 10.9 Å². The van der Waals surface area contributed by atoms with Gasteiger partial charge in [0.1, 0.15) is 0 Å². The van der Waals surface area contributed by atoms with Gasteiger partial charge in [-0.3, -0.25) is 4.79 Å². The summed E-state index contributed by atoms with van der Waals surface area (Å²) >= 11 is 0. The summed E-state index contributed by atoms with van der Waals surface area (Å²) in [7, 11) is 0. The average molecular weight is 242 g/mol. The van der Waals surface area contributed by atoms with Crippen molar-refractivity contribution >= 4 is 16.8 Å². The molecule has 0 atom stereocenters. The van der Waals surface area contributed by atoms with E-state index in [0.29, 0.717) is 0 Å². The second kappa shape index (κ2) is 4.16. The zero-order valence-electron chi connectivity index (χ0n) is 10.9. The quantitative estimate of drug-likeness (QED) is 0.819. The molecule has 1 fully saturated rings. The monoisotopic (exact) mass is 242 g/mol. The van der Waals surface area contributed by atoms with Crippen molar-refractivity contribution in [2.45, 2.75) is 26.7 Å². The molecule has 3 nitrogen and oxygen atoms in total. The molecule has 18 heavy (non-hydrogen) atoms. The molecule has 0 radical (unpaired) electrons. The number of hydrogen-bond acceptors (Lipinski definition) is 1. The molecule has 0 bridgehead atoms. The number of aromatic nitrogens is 1. The zero-order chi connectivity index (χ0) is 12.7. The minimum atomic E-state index is 0.182. The summed E-state index contributed by atoms with van der Waals surface area (Å²) in [6.45, 7) is 5.85. The molecule has 94 valence electrons. The molecule has 3 rings (SSSR count). The van der Waals surface area contributed by atoms with Gasteiger partial charge in [-0.1, -0.05) is 11.6 Å². The van der Waals surface area contributed by atoms with Crippen molar-refractivity contribution in [3.8, 4) is 0 Å². The third-order valence-electron chi connectivity index (χ3n) is 3.75. The normalized spacial score (nSPS) is 15.6. The van der Waals surface area contributed by atoms with Crippen LogP contribution in [0.4, 0.5) is 0 Å². The van der Waals surface area contributed by atoms with Gasteiger partial charge in [-0.05, 0) is 38.8 Å². The number of hydrogen-bond donors (Lipinski definition) is 1. The first-order chi connectivity index (χ1) is 8.66. The number of aromatic amines is 1. The minimum absolute atomic E-state index is 0.182. The fourth-order valence-corrected chi connectivity index (χ4v) is 2.79. The van der Waals surface area contributed by atoms with Crippen molar-refractivity contribution < 1.29 is 4.79 Å². The molecule has 1 saturated heterocycles. The predicted molar refractivity (Wildman–Crippen MR) is 72.9 cm³/mol. The highest BCUT2D eigenvalue weighted by Gasteiger charge is 2.23. The summed E-state index contributed by atoms with van der Waals surface area (Å²) in [5.41, 5.74) is 4.08. The lowest BCUT2D eigenvalue weighted by atomic mass is 10.1. The van der Waals surface area contributed by atoms with Crippen molar-refractivity contribution in [2.24, 2.45) is 0 Å². The van der Waals surface area contributed by atoms with E-state index in [-0.39, 0.29) is 5.91 Å². The highest BCUT2D eigenvalue weighted by molar-refractivity contribution is 6.08. The molecular weight excluding hydrogens is 224 g/mol. The van der Waals surface area contributed by atoms with Crippen LogP contribution < -0.4 is 0 Å². The van der Waals surface area contributed by atoms with Crippen LogP contribution in [0, 0.1) is 13.8 Å². The molecule has 0 spiro atoms. The van der Waals surface area contributed by atoms with Gasteiger partial charge < -0.3 is 9.88 Å². The number of carbonyl (C=O) groups is 1. The van der Waals surface area contributed by atoms with Gasteiger partial charge in [0.15, 0.2) is 0 Å². The molecule has 0 unspecified atom stereocenters. The van der Waals surface area contributed by atoms with Crippen molar-refractivity contribution in [3.05, 3.63) is 35.0 Å². The number of amides is 1. The van der Waals surface area contributed by atoms with Crippen molar-refractivity contribution in [1.29, 1.82) is 0 Å². The van der Waals surface area contributed by atoms with Crippen LogP contribution in [0.2, 0.25) is 0 Å². The first-order valence-electron chi connectivity index (χ1n) is 6.55. The number of fused-ring (bicyclic) bond motifs is 1. The molecule has 0 aliphatic carbocycles. The van der Waals surface area contributed by atoms with E-state index in [1.807, 2.05) is 11.8 Å². The zero-order valence-corrected chi connectivity index (χ0v) is 10.9. The average Bonchev–Trinajstić information content (AvgIpc) is 2.94. The first kappa shape index (κ1) is 11.3. The lowest BCUT2D eigenvalue weighted by Crippen LogP contribution is -2.27. The second-order valence-electron chi connectivity index (χ2n) is 5.17. The Morgan fingerprint density at radius 1 is 1.22 bits per heavy atom. The Balaban J connectivity index is 2.12. The molecule has 1 amide bonds. The van der Waals surface area contributed by atoms with E-state index >= 15 is 0 Å². The van der Waals surface area contributed by atoms with Gasteiger partial charge in [-0.2, -0.15) is 0 Å². The molecule has 2 aromatic rings. The highest BCUT2D eigenvalue weighted by Crippen LogP contribution is 2.25. The van der Waals surface area contributed by atoms with Gasteiger partial charge in [0.05, 0.1) is 5.56 Å². The van der Waals surface area contributed by atoms with E-state index in [1.54, 1.807) is 0 Å². The van der Waals surface area contributed by atoms with E-state index < -0.39 is 0 Å². The number of aryl methyl sites for hydroxylation is 2. The minimum Gasteiger partial charge on any atom is -0.358 e. The Morgan fingerprint density at radius 3 is 2.67 bits per heavy atom. The first-order valence-corrected chi connectivity index (χ1v) is 6.55. The van der Waals surface area contributed by atoms with Gasteiger partial charge >= 0.3 is 0 Å². The van der Waals surface area contributed by atoms with Crippen LogP contribution in [0.5, 0.6) is 0 Å². The van der Waals surface area contributed by atoms with E-state index in [2.05, 4.69) is 30.1 Å². The Labute approximate surface area is 107 Å². The van der Waals surface area contributed by atoms with Crippen LogP contribution in [-0.2, 0) is 0 Å². The van der Waals surface area contributed by atoms with Crippen LogP contribution in [0.1, 0.15) is 34.5 Å². The Bertz CT molecular complexity index is 606. The summed E-state index contributed by atoms with van der Waals surface area (Å²) in [6, 6.07) is 6.23. The highest BCUT2D eigenvalue weighted by atomic mass is 16.2. The number of benzene rings is 1. The molecular formula is C15H18N2O. The van der Waals surface area contributed by atoms with Gasteiger partial charge in [0.25, 0.3) is 5.91 Å². The smallest absolute Gasteiger partial charge is 0.256 e. The van der Waals surface area contributed by atoms with Crippen LogP contribution in [0.3, 0.4) is 0 Å². The fraction of sp³-hybridized carbons (Fsp3) is 0.400. The summed E-state index contributed by atoms with van der Waals surface area (Å²) < 4.78 is 0. The number of likely N-dealkylation sites (tertiary alicyclic amines) is 1. The molecule has 1 aliphatic heterocycles. The van der Waals surface area contributed by atoms with E-state index in [1.165, 1.54) is 5.56 Å². The van der Waals surface area contributed by atoms with E-state index in [0.717, 1.165) is 48.1 Å². The summed E-state index contributed by atoms with van der Waals surface area (Å²) in [6.07, 6.45) is 2.26. The summed E-state index contributed by atoms with van der Waals surface area (Å²) in [4.78, 5) is 17.8. The molecule has 1 aliphatic rings. The van der Waals surface area contributed by atoms with Crippen molar-refractivity contribution in [2.75, 3.05) is 13.1 Å². The molecule has 2 heterocycles. The number of nitrogens with zero attached hydrogens (tertiary/aromatic N) is 1. The fourth-order valence-electron chi connectivity index (χ4n) is 2.79. The molecule has 1 aromatic carbocycles. The summed E-state index contributed by atoms with van der Waals surface area (Å²) in [5.74, 6) is 0.182. The van der Waals surface area contributed by atoms with Gasteiger partial charge in [0, 0.05) is 29.7 Å². The van der Waals surface area contributed by atoms with Crippen molar-refractivity contribution in [1.82, 2.24) is 9.88 Å². The maximum Gasteiger partial charge on any atom is 0.256 e. The Hall–Kier alpha value is -1.77. The van der Waals surface area contributed by atoms with Gasteiger partial charge in [0.2, 0.25) is 0 Å². The number of H-pyrrole nitrogens is 1. The topological polar surface area (TPSA) is 36.1 Å². The Kier molecular flexibility index (Phi) is 2.62. The second-order valence-corrected chi connectivity index (χ2v) is 5.17. The molecule has 3 heteroatoms. The lowest BCUT2D eigenvalue weighted by molar-refractivity contribution is 0.0794. The third-order valence-corrected chi connectivity index (χ3v) is 3.75. The number of rotatable bonds is 1. The van der Waals surface area contributed by atoms with E-state index in [9.17, 15) is 4.79 Å². The third kappa shape index (κ3) is 1.70. The van der Waals surface area contributed by atoms with Crippen LogP contribution >= 0.6 is 0 Å². The maximum absolute atomic E-state index is 12.6. The predicted octanol–water partition coefficient (Wildman–Crippen LogP) is 3.02. The number of carbonyl (C=O) groups excluding carboxylic acids is 1. The van der Waals surface area contributed by atoms with Crippen LogP contribution in [-0.4, -0.2) is 28.9 Å². The standard InChI is InChI=1S/C15H18N2O/c1-10-5-6-13-12(9-10)14(11(2)16-13)15(18)17-7-3-4-8-17/h5-6,9,16H,3-4,7-8H2,1-2H3.